The Hall–Kier alpha value is -6.70. The summed E-state index contributed by atoms with van der Waals surface area (Å²) in [5.74, 6) is 0. The minimum Gasteiger partial charge on any atom is -0.327 e. The fourth-order valence-corrected chi connectivity index (χ4v) is 8.90. The van der Waals surface area contributed by atoms with Crippen LogP contribution in [0.4, 0.5) is 0 Å². The Morgan fingerprint density at radius 3 is 1.41 bits per heavy atom. The Morgan fingerprint density at radius 2 is 0.946 bits per heavy atom. The monoisotopic (exact) mass is 721 g/mol. The lowest BCUT2D eigenvalue weighted by Gasteiger charge is -2.35. The van der Waals surface area contributed by atoms with Crippen molar-refractivity contribution >= 4 is 21.8 Å². The smallest absolute Gasteiger partial charge is 0.0795 e. The molecule has 1 aromatic heterocycles. The first-order valence-electron chi connectivity index (χ1n) is 19.7. The third kappa shape index (κ3) is 5.88. The van der Waals surface area contributed by atoms with Crippen molar-refractivity contribution in [1.29, 1.82) is 0 Å². The summed E-state index contributed by atoms with van der Waals surface area (Å²) in [4.78, 5) is 0. The minimum atomic E-state index is -0.566. The van der Waals surface area contributed by atoms with Gasteiger partial charge in [0.25, 0.3) is 0 Å². The van der Waals surface area contributed by atoms with Crippen molar-refractivity contribution in [3.8, 4) is 22.3 Å². The van der Waals surface area contributed by atoms with Crippen LogP contribution in [0, 0.1) is 0 Å². The first-order valence-corrected chi connectivity index (χ1v) is 19.7. The van der Waals surface area contributed by atoms with Crippen LogP contribution in [0.5, 0.6) is 0 Å². The Morgan fingerprint density at radius 1 is 0.500 bits per heavy atom. The topological polar surface area (TPSA) is 4.93 Å². The van der Waals surface area contributed by atoms with E-state index in [9.17, 15) is 0 Å². The molecule has 1 nitrogen and oxygen atoms in total. The minimum absolute atomic E-state index is 0.506. The first kappa shape index (κ1) is 36.3. The second kappa shape index (κ2) is 15.2. The van der Waals surface area contributed by atoms with E-state index in [4.69, 9.17) is 0 Å². The molecule has 272 valence electrons. The van der Waals surface area contributed by atoms with Crippen LogP contribution in [0.15, 0.2) is 242 Å². The number of aromatic nitrogens is 1. The average molecular weight is 722 g/mol. The quantitative estimate of drug-likeness (QED) is 0.154. The summed E-state index contributed by atoms with van der Waals surface area (Å²) in [5.41, 5.74) is 13.4. The maximum atomic E-state index is 4.19. The van der Waals surface area contributed by atoms with Gasteiger partial charge in [-0.1, -0.05) is 209 Å². The average Bonchev–Trinajstić information content (AvgIpc) is 3.66. The second-order valence-corrected chi connectivity index (χ2v) is 14.4. The van der Waals surface area contributed by atoms with Crippen molar-refractivity contribution < 1.29 is 0 Å². The van der Waals surface area contributed by atoms with E-state index < -0.39 is 11.0 Å². The zero-order valence-electron chi connectivity index (χ0n) is 32.5. The molecule has 0 spiro atoms. The number of hydrogen-bond donors (Lipinski definition) is 0. The van der Waals surface area contributed by atoms with Gasteiger partial charge in [-0.25, -0.2) is 0 Å². The van der Waals surface area contributed by atoms with Gasteiger partial charge in [0, 0.05) is 10.8 Å². The standard InChI is InChI=1S/C53H41N.C2H6/c1-4-18-44-45-32-34-52(3,35-33-49(45)53(48(44)19-5-2,42-24-14-8-15-25-42)43-26-16-9-17-27-43)54-50-30-28-40(38-20-10-6-11-21-38)36-46(50)47-37-41(29-31-51(47)54)39-22-12-7-13-23-39;1-2/h4-37H,1-2H2,3H3;1-2H3/b44-18-,48-19+;. The summed E-state index contributed by atoms with van der Waals surface area (Å²) in [6.07, 6.45) is 17.7. The zero-order valence-corrected chi connectivity index (χ0v) is 32.5. The van der Waals surface area contributed by atoms with Gasteiger partial charge in [-0.2, -0.15) is 0 Å². The predicted octanol–water partition coefficient (Wildman–Crippen LogP) is 14.5. The van der Waals surface area contributed by atoms with Crippen LogP contribution in [-0.4, -0.2) is 4.57 Å². The summed E-state index contributed by atoms with van der Waals surface area (Å²) in [7, 11) is 0. The Bertz CT molecular complexity index is 2580. The molecule has 6 aromatic carbocycles. The molecular weight excluding hydrogens is 675 g/mol. The Balaban J connectivity index is 0.00000217. The van der Waals surface area contributed by atoms with Crippen LogP contribution in [0.25, 0.3) is 44.1 Å². The lowest BCUT2D eigenvalue weighted by molar-refractivity contribution is 0.550. The van der Waals surface area contributed by atoms with Crippen LogP contribution in [-0.2, 0) is 11.0 Å². The molecule has 7 aromatic rings. The molecule has 0 saturated carbocycles. The fraction of sp³-hybridized carbons (Fsp3) is 0.0909. The summed E-state index contributed by atoms with van der Waals surface area (Å²) in [5, 5.41) is 2.48. The normalized spacial score (nSPS) is 18.5. The van der Waals surface area contributed by atoms with Gasteiger partial charge in [0.15, 0.2) is 0 Å². The number of hydrogen-bond acceptors (Lipinski definition) is 0. The van der Waals surface area contributed by atoms with E-state index in [1.54, 1.807) is 0 Å². The Kier molecular flexibility index (Phi) is 9.85. The van der Waals surface area contributed by atoms with Gasteiger partial charge >= 0.3 is 0 Å². The van der Waals surface area contributed by atoms with Crippen LogP contribution < -0.4 is 0 Å². The molecule has 0 N–H and O–H groups in total. The number of benzene rings is 6. The largest absolute Gasteiger partial charge is 0.327 e. The SMILES string of the molecule is C=C/C=C1/C2=C(C=CC(C)(n3c4ccc(-c5ccccc5)cc4c4cc(-c5ccccc5)ccc43)C=C2)C(c2ccccc2)(c2ccccc2)/C1=C/C=C.CC. The van der Waals surface area contributed by atoms with Crippen molar-refractivity contribution in [1.82, 2.24) is 4.57 Å². The number of fused-ring (bicyclic) bond motifs is 3. The summed E-state index contributed by atoms with van der Waals surface area (Å²) in [6, 6.07) is 57.1. The molecule has 1 heteroatoms. The van der Waals surface area contributed by atoms with Crippen molar-refractivity contribution in [2.75, 3.05) is 0 Å². The summed E-state index contributed by atoms with van der Waals surface area (Å²) < 4.78 is 2.53. The Labute approximate surface area is 332 Å². The van der Waals surface area contributed by atoms with Crippen LogP contribution in [0.3, 0.4) is 0 Å². The molecule has 0 saturated heterocycles. The molecule has 2 aliphatic rings. The van der Waals surface area contributed by atoms with Crippen LogP contribution in [0.1, 0.15) is 31.9 Å². The van der Waals surface area contributed by atoms with Crippen molar-refractivity contribution in [3.63, 3.8) is 0 Å². The molecule has 0 aliphatic heterocycles. The van der Waals surface area contributed by atoms with Gasteiger partial charge in [0.05, 0.1) is 22.0 Å². The highest BCUT2D eigenvalue weighted by atomic mass is 15.1. The van der Waals surface area contributed by atoms with E-state index in [0.717, 1.165) is 5.57 Å². The highest BCUT2D eigenvalue weighted by Gasteiger charge is 2.49. The summed E-state index contributed by atoms with van der Waals surface area (Å²) in [6.45, 7) is 14.7. The van der Waals surface area contributed by atoms with Gasteiger partial charge in [0.2, 0.25) is 0 Å². The fourth-order valence-electron chi connectivity index (χ4n) is 8.90. The van der Waals surface area contributed by atoms with Crippen LogP contribution in [0.2, 0.25) is 0 Å². The molecule has 0 bridgehead atoms. The predicted molar refractivity (Wildman–Crippen MR) is 241 cm³/mol. The summed E-state index contributed by atoms with van der Waals surface area (Å²) >= 11 is 0. The lowest BCUT2D eigenvalue weighted by Crippen LogP contribution is -2.30. The number of allylic oxidation sites excluding steroid dienone is 12. The zero-order chi connectivity index (χ0) is 38.7. The van der Waals surface area contributed by atoms with Crippen molar-refractivity contribution in [2.24, 2.45) is 0 Å². The van der Waals surface area contributed by atoms with Gasteiger partial charge in [-0.15, -0.1) is 0 Å². The molecule has 1 unspecified atom stereocenters. The number of nitrogens with zero attached hydrogens (tertiary/aromatic N) is 1. The molecule has 2 aliphatic carbocycles. The highest BCUT2D eigenvalue weighted by molar-refractivity contribution is 6.11. The van der Waals surface area contributed by atoms with E-state index in [-0.39, 0.29) is 0 Å². The third-order valence-corrected chi connectivity index (χ3v) is 11.3. The second-order valence-electron chi connectivity index (χ2n) is 14.4. The molecule has 0 radical (unpaired) electrons. The van der Waals surface area contributed by atoms with E-state index >= 15 is 0 Å². The van der Waals surface area contributed by atoms with Crippen LogP contribution >= 0.6 is 0 Å². The van der Waals surface area contributed by atoms with E-state index in [2.05, 4.69) is 219 Å². The van der Waals surface area contributed by atoms with Crippen molar-refractivity contribution in [2.45, 2.75) is 31.7 Å². The van der Waals surface area contributed by atoms with E-state index in [1.165, 1.54) is 71.9 Å². The molecule has 56 heavy (non-hydrogen) atoms. The first-order chi connectivity index (χ1) is 27.6. The molecule has 1 heterocycles. The van der Waals surface area contributed by atoms with Crippen molar-refractivity contribution in [3.05, 3.63) is 253 Å². The molecule has 0 fully saturated rings. The molecule has 1 atom stereocenters. The van der Waals surface area contributed by atoms with Gasteiger partial charge < -0.3 is 4.57 Å². The molecular formula is C55H47N. The van der Waals surface area contributed by atoms with Gasteiger partial charge in [0.1, 0.15) is 0 Å². The lowest BCUT2D eigenvalue weighted by atomic mass is 9.66. The maximum Gasteiger partial charge on any atom is 0.0795 e. The van der Waals surface area contributed by atoms with Gasteiger partial charge in [-0.3, -0.25) is 0 Å². The maximum absolute atomic E-state index is 4.19. The molecule has 9 rings (SSSR count). The number of rotatable bonds is 7. The third-order valence-electron chi connectivity index (χ3n) is 11.3. The van der Waals surface area contributed by atoms with E-state index in [0.29, 0.717) is 0 Å². The molecule has 0 amide bonds. The van der Waals surface area contributed by atoms with E-state index in [1.807, 2.05) is 26.0 Å². The highest BCUT2D eigenvalue weighted by Crippen LogP contribution is 2.58. The van der Waals surface area contributed by atoms with Gasteiger partial charge in [-0.05, 0) is 86.9 Å².